The standard InChI is InChI=1S/C7H11Cl3O/c1-2-3-4-5-6(11)7(8,9)10/h2,6,11H,1,3-5H2. The molecule has 0 spiro atoms. The Kier molecular flexibility index (Phi) is 5.53. The van der Waals surface area contributed by atoms with Gasteiger partial charge >= 0.3 is 0 Å². The maximum Gasteiger partial charge on any atom is 0.216 e. The lowest BCUT2D eigenvalue weighted by molar-refractivity contribution is 0.166. The van der Waals surface area contributed by atoms with Crippen molar-refractivity contribution in [2.45, 2.75) is 29.2 Å². The third kappa shape index (κ3) is 5.80. The third-order valence-electron chi connectivity index (χ3n) is 1.26. The molecular weight excluding hydrogens is 206 g/mol. The number of aliphatic hydroxyl groups is 1. The molecule has 0 radical (unpaired) electrons. The summed E-state index contributed by atoms with van der Waals surface area (Å²) in [4.78, 5) is 0. The van der Waals surface area contributed by atoms with E-state index in [0.717, 1.165) is 12.8 Å². The Morgan fingerprint density at radius 3 is 2.36 bits per heavy atom. The SMILES string of the molecule is C=CCCCC(O)C(Cl)(Cl)Cl. The highest BCUT2D eigenvalue weighted by Gasteiger charge is 2.29. The molecule has 0 aliphatic rings. The van der Waals surface area contributed by atoms with Crippen LogP contribution in [0.25, 0.3) is 0 Å². The average Bonchev–Trinajstić information content (AvgIpc) is 1.86. The van der Waals surface area contributed by atoms with Gasteiger partial charge in [0.2, 0.25) is 3.79 Å². The highest BCUT2D eigenvalue weighted by Crippen LogP contribution is 2.32. The van der Waals surface area contributed by atoms with E-state index in [1.54, 1.807) is 6.08 Å². The van der Waals surface area contributed by atoms with Crippen LogP contribution in [0.5, 0.6) is 0 Å². The Balaban J connectivity index is 3.52. The van der Waals surface area contributed by atoms with E-state index in [4.69, 9.17) is 34.8 Å². The minimum atomic E-state index is -1.55. The number of hydrogen-bond acceptors (Lipinski definition) is 1. The zero-order chi connectivity index (χ0) is 8.91. The Labute approximate surface area is 81.9 Å². The molecular formula is C7H11Cl3O. The van der Waals surface area contributed by atoms with Gasteiger partial charge in [-0.3, -0.25) is 0 Å². The van der Waals surface area contributed by atoms with E-state index in [1.165, 1.54) is 0 Å². The molecule has 66 valence electrons. The van der Waals surface area contributed by atoms with Crippen LogP contribution in [0.4, 0.5) is 0 Å². The van der Waals surface area contributed by atoms with Crippen LogP contribution in [-0.2, 0) is 0 Å². The topological polar surface area (TPSA) is 20.2 Å². The normalized spacial score (nSPS) is 14.5. The summed E-state index contributed by atoms with van der Waals surface area (Å²) in [6.07, 6.45) is 3.00. The number of aliphatic hydroxyl groups excluding tert-OH is 1. The highest BCUT2D eigenvalue weighted by molar-refractivity contribution is 6.68. The first-order valence-electron chi connectivity index (χ1n) is 3.34. The predicted molar refractivity (Wildman–Crippen MR) is 50.3 cm³/mol. The van der Waals surface area contributed by atoms with Crippen LogP contribution in [-0.4, -0.2) is 15.0 Å². The fraction of sp³-hybridized carbons (Fsp3) is 0.714. The summed E-state index contributed by atoms with van der Waals surface area (Å²) >= 11 is 16.3. The first-order chi connectivity index (χ1) is 4.98. The Hall–Kier alpha value is 0.570. The molecule has 1 nitrogen and oxygen atoms in total. The van der Waals surface area contributed by atoms with Crippen LogP contribution in [0.15, 0.2) is 12.7 Å². The second kappa shape index (κ2) is 5.26. The number of alkyl halides is 3. The molecule has 11 heavy (non-hydrogen) atoms. The fourth-order valence-electron chi connectivity index (χ4n) is 0.619. The van der Waals surface area contributed by atoms with E-state index in [9.17, 15) is 5.11 Å². The first-order valence-corrected chi connectivity index (χ1v) is 4.47. The van der Waals surface area contributed by atoms with E-state index in [-0.39, 0.29) is 0 Å². The Bertz CT molecular complexity index is 119. The molecule has 0 heterocycles. The number of hydrogen-bond donors (Lipinski definition) is 1. The third-order valence-corrected chi connectivity index (χ3v) is 2.02. The summed E-state index contributed by atoms with van der Waals surface area (Å²) in [5, 5.41) is 9.18. The van der Waals surface area contributed by atoms with E-state index in [1.807, 2.05) is 0 Å². The average molecular weight is 218 g/mol. The van der Waals surface area contributed by atoms with Crippen molar-refractivity contribution in [2.24, 2.45) is 0 Å². The molecule has 0 aliphatic carbocycles. The zero-order valence-corrected chi connectivity index (χ0v) is 8.33. The van der Waals surface area contributed by atoms with Crippen LogP contribution >= 0.6 is 34.8 Å². The summed E-state index contributed by atoms with van der Waals surface area (Å²) in [7, 11) is 0. The highest BCUT2D eigenvalue weighted by atomic mass is 35.6. The van der Waals surface area contributed by atoms with Crippen LogP contribution < -0.4 is 0 Å². The second-order valence-electron chi connectivity index (χ2n) is 2.28. The molecule has 0 aromatic carbocycles. The summed E-state index contributed by atoms with van der Waals surface area (Å²) in [5.41, 5.74) is 0. The van der Waals surface area contributed by atoms with Crippen molar-refractivity contribution in [3.05, 3.63) is 12.7 Å². The van der Waals surface area contributed by atoms with Crippen LogP contribution in [0.1, 0.15) is 19.3 Å². The first kappa shape index (κ1) is 11.6. The molecule has 0 bridgehead atoms. The van der Waals surface area contributed by atoms with E-state index in [0.29, 0.717) is 6.42 Å². The fourth-order valence-corrected chi connectivity index (χ4v) is 0.947. The second-order valence-corrected chi connectivity index (χ2v) is 4.65. The maximum absolute atomic E-state index is 9.18. The van der Waals surface area contributed by atoms with Crippen LogP contribution in [0.2, 0.25) is 0 Å². The molecule has 0 rings (SSSR count). The lowest BCUT2D eigenvalue weighted by Gasteiger charge is -2.17. The summed E-state index contributed by atoms with van der Waals surface area (Å²) in [5.74, 6) is 0. The van der Waals surface area contributed by atoms with Gasteiger partial charge in [0.1, 0.15) is 6.10 Å². The van der Waals surface area contributed by atoms with Gasteiger partial charge in [-0.15, -0.1) is 6.58 Å². The van der Waals surface area contributed by atoms with Gasteiger partial charge in [-0.05, 0) is 19.3 Å². The summed E-state index contributed by atoms with van der Waals surface area (Å²) in [6, 6.07) is 0. The van der Waals surface area contributed by atoms with Crippen molar-refractivity contribution in [1.82, 2.24) is 0 Å². The predicted octanol–water partition coefficient (Wildman–Crippen LogP) is 3.07. The largest absolute Gasteiger partial charge is 0.389 e. The molecule has 1 N–H and O–H groups in total. The minimum absolute atomic E-state index is 0.489. The molecule has 1 atom stereocenters. The van der Waals surface area contributed by atoms with Gasteiger partial charge in [0.15, 0.2) is 0 Å². The zero-order valence-electron chi connectivity index (χ0n) is 6.06. The van der Waals surface area contributed by atoms with Gasteiger partial charge in [0.25, 0.3) is 0 Å². The smallest absolute Gasteiger partial charge is 0.216 e. The quantitative estimate of drug-likeness (QED) is 0.436. The van der Waals surface area contributed by atoms with Crippen LogP contribution in [0, 0.1) is 0 Å². The van der Waals surface area contributed by atoms with E-state index >= 15 is 0 Å². The van der Waals surface area contributed by atoms with Gasteiger partial charge in [-0.25, -0.2) is 0 Å². The van der Waals surface area contributed by atoms with Crippen molar-refractivity contribution in [2.75, 3.05) is 0 Å². The molecule has 0 saturated carbocycles. The van der Waals surface area contributed by atoms with Crippen molar-refractivity contribution < 1.29 is 5.11 Å². The minimum Gasteiger partial charge on any atom is -0.389 e. The van der Waals surface area contributed by atoms with Crippen molar-refractivity contribution in [3.8, 4) is 0 Å². The van der Waals surface area contributed by atoms with Crippen molar-refractivity contribution in [1.29, 1.82) is 0 Å². The number of unbranched alkanes of at least 4 members (excludes halogenated alkanes) is 1. The van der Waals surface area contributed by atoms with E-state index in [2.05, 4.69) is 6.58 Å². The molecule has 4 heteroatoms. The van der Waals surface area contributed by atoms with Gasteiger partial charge in [-0.1, -0.05) is 40.9 Å². The molecule has 0 aliphatic heterocycles. The number of halogens is 3. The van der Waals surface area contributed by atoms with Gasteiger partial charge in [0, 0.05) is 0 Å². The lowest BCUT2D eigenvalue weighted by atomic mass is 10.2. The lowest BCUT2D eigenvalue weighted by Crippen LogP contribution is -2.24. The molecule has 0 aromatic rings. The molecule has 0 aromatic heterocycles. The summed E-state index contributed by atoms with van der Waals surface area (Å²) < 4.78 is -1.55. The number of allylic oxidation sites excluding steroid dienone is 1. The van der Waals surface area contributed by atoms with Gasteiger partial charge in [-0.2, -0.15) is 0 Å². The molecule has 0 fully saturated rings. The molecule has 0 amide bonds. The number of rotatable bonds is 4. The van der Waals surface area contributed by atoms with Gasteiger partial charge < -0.3 is 5.11 Å². The molecule has 0 saturated heterocycles. The summed E-state index contributed by atoms with van der Waals surface area (Å²) in [6.45, 7) is 3.54. The Morgan fingerprint density at radius 1 is 1.45 bits per heavy atom. The van der Waals surface area contributed by atoms with Crippen LogP contribution in [0.3, 0.4) is 0 Å². The molecule has 1 unspecified atom stereocenters. The van der Waals surface area contributed by atoms with Crippen molar-refractivity contribution in [3.63, 3.8) is 0 Å². The monoisotopic (exact) mass is 216 g/mol. The maximum atomic E-state index is 9.18. The van der Waals surface area contributed by atoms with Crippen molar-refractivity contribution >= 4 is 34.8 Å². The Morgan fingerprint density at radius 2 is 2.00 bits per heavy atom. The van der Waals surface area contributed by atoms with Gasteiger partial charge in [0.05, 0.1) is 0 Å². The van der Waals surface area contributed by atoms with E-state index < -0.39 is 9.90 Å².